The molecule has 0 saturated carbocycles. The topological polar surface area (TPSA) is 112 Å². The minimum Gasteiger partial charge on any atom is -0.330 e. The van der Waals surface area contributed by atoms with Gasteiger partial charge in [0.1, 0.15) is 0 Å². The number of carbonyl (C=O) groups excluding carboxylic acids is 3. The summed E-state index contributed by atoms with van der Waals surface area (Å²) in [5.41, 5.74) is 7.94. The van der Waals surface area contributed by atoms with Gasteiger partial charge >= 0.3 is 5.97 Å². The molecule has 1 aliphatic rings. The van der Waals surface area contributed by atoms with E-state index >= 15 is 0 Å². The van der Waals surface area contributed by atoms with E-state index in [9.17, 15) is 14.4 Å². The second kappa shape index (κ2) is 4.97. The third-order valence-electron chi connectivity index (χ3n) is 1.68. The quantitative estimate of drug-likeness (QED) is 0.288. The fourth-order valence-corrected chi connectivity index (χ4v) is 0.991. The summed E-state index contributed by atoms with van der Waals surface area (Å²) in [4.78, 5) is 39.9. The normalized spacial score (nSPS) is 15.1. The average molecular weight is 212 g/mol. The van der Waals surface area contributed by atoms with Crippen molar-refractivity contribution in [2.24, 2.45) is 5.11 Å². The van der Waals surface area contributed by atoms with Crippen molar-refractivity contribution in [3.63, 3.8) is 0 Å². The van der Waals surface area contributed by atoms with Crippen LogP contribution in [0, 0.1) is 0 Å². The first kappa shape index (κ1) is 11.0. The highest BCUT2D eigenvalue weighted by Crippen LogP contribution is 2.12. The number of hydrogen-bond donors (Lipinski definition) is 0. The van der Waals surface area contributed by atoms with E-state index in [1.54, 1.807) is 0 Å². The monoisotopic (exact) mass is 212 g/mol. The van der Waals surface area contributed by atoms with Gasteiger partial charge in [0, 0.05) is 24.3 Å². The Hall–Kier alpha value is -2.08. The Kier molecular flexibility index (Phi) is 3.64. The summed E-state index contributed by atoms with van der Waals surface area (Å²) in [6, 6.07) is 0. The molecule has 0 N–H and O–H groups in total. The van der Waals surface area contributed by atoms with Gasteiger partial charge in [0.25, 0.3) is 11.8 Å². The van der Waals surface area contributed by atoms with Crippen LogP contribution in [0.2, 0.25) is 0 Å². The Morgan fingerprint density at radius 2 is 2.07 bits per heavy atom. The lowest BCUT2D eigenvalue weighted by Gasteiger charge is -2.11. The molecule has 15 heavy (non-hydrogen) atoms. The van der Waals surface area contributed by atoms with Crippen molar-refractivity contribution in [2.75, 3.05) is 6.54 Å². The summed E-state index contributed by atoms with van der Waals surface area (Å²) in [6.45, 7) is -0.0639. The van der Waals surface area contributed by atoms with E-state index in [-0.39, 0.29) is 25.8 Å². The molecule has 0 aromatic rings. The van der Waals surface area contributed by atoms with Crippen molar-refractivity contribution in [1.82, 2.24) is 5.06 Å². The largest absolute Gasteiger partial charge is 0.333 e. The summed E-state index contributed by atoms with van der Waals surface area (Å²) in [7, 11) is 0. The molecule has 0 aromatic carbocycles. The maximum atomic E-state index is 11.0. The molecular formula is C7H8N4O4. The highest BCUT2D eigenvalue weighted by atomic mass is 16.7. The van der Waals surface area contributed by atoms with Gasteiger partial charge in [-0.25, -0.2) is 4.79 Å². The van der Waals surface area contributed by atoms with Crippen LogP contribution >= 0.6 is 0 Å². The standard InChI is InChI=1S/C7H8N4O4/c8-10-9-4-3-7(14)15-11-5(12)1-2-6(11)13/h1-4H2. The Morgan fingerprint density at radius 3 is 2.60 bits per heavy atom. The van der Waals surface area contributed by atoms with Crippen LogP contribution in [0.1, 0.15) is 19.3 Å². The molecular weight excluding hydrogens is 204 g/mol. The predicted molar refractivity (Wildman–Crippen MR) is 45.8 cm³/mol. The summed E-state index contributed by atoms with van der Waals surface area (Å²) < 4.78 is 0. The van der Waals surface area contributed by atoms with Crippen LogP contribution in [0.4, 0.5) is 0 Å². The number of nitrogens with zero attached hydrogens (tertiary/aromatic N) is 4. The number of azide groups is 1. The van der Waals surface area contributed by atoms with Crippen molar-refractivity contribution in [3.05, 3.63) is 10.4 Å². The molecule has 1 aliphatic heterocycles. The minimum atomic E-state index is -0.772. The van der Waals surface area contributed by atoms with E-state index in [2.05, 4.69) is 14.9 Å². The summed E-state index contributed by atoms with van der Waals surface area (Å²) >= 11 is 0. The first-order valence-corrected chi connectivity index (χ1v) is 4.22. The van der Waals surface area contributed by atoms with E-state index in [0.29, 0.717) is 5.06 Å². The highest BCUT2D eigenvalue weighted by molar-refractivity contribution is 6.01. The molecule has 80 valence electrons. The molecule has 8 heteroatoms. The van der Waals surface area contributed by atoms with Gasteiger partial charge in [-0.3, -0.25) is 9.59 Å². The molecule has 0 aliphatic carbocycles. The number of rotatable bonds is 4. The van der Waals surface area contributed by atoms with Crippen LogP contribution in [0.5, 0.6) is 0 Å². The second-order valence-electron chi connectivity index (χ2n) is 2.75. The molecule has 0 bridgehead atoms. The lowest BCUT2D eigenvalue weighted by molar-refractivity contribution is -0.197. The molecule has 1 heterocycles. The van der Waals surface area contributed by atoms with Gasteiger partial charge in [-0.2, -0.15) is 0 Å². The Labute approximate surface area is 84.4 Å². The summed E-state index contributed by atoms with van der Waals surface area (Å²) in [5.74, 6) is -1.83. The Morgan fingerprint density at radius 1 is 1.47 bits per heavy atom. The molecule has 2 amide bonds. The first-order valence-electron chi connectivity index (χ1n) is 4.22. The van der Waals surface area contributed by atoms with Gasteiger partial charge in [0.05, 0.1) is 6.42 Å². The van der Waals surface area contributed by atoms with Crippen molar-refractivity contribution in [3.8, 4) is 0 Å². The molecule has 0 aromatic heterocycles. The molecule has 1 rings (SSSR count). The first-order chi connectivity index (χ1) is 7.15. The highest BCUT2D eigenvalue weighted by Gasteiger charge is 2.32. The van der Waals surface area contributed by atoms with Crippen molar-refractivity contribution >= 4 is 17.8 Å². The van der Waals surface area contributed by atoms with E-state index < -0.39 is 17.8 Å². The smallest absolute Gasteiger partial charge is 0.330 e. The Bertz CT molecular complexity index is 331. The minimum absolute atomic E-state index is 0.0580. The second-order valence-corrected chi connectivity index (χ2v) is 2.75. The number of hydroxylamine groups is 2. The number of amides is 2. The van der Waals surface area contributed by atoms with Crippen LogP contribution in [-0.4, -0.2) is 29.4 Å². The maximum absolute atomic E-state index is 11.0. The van der Waals surface area contributed by atoms with Crippen LogP contribution < -0.4 is 0 Å². The fourth-order valence-electron chi connectivity index (χ4n) is 0.991. The third-order valence-corrected chi connectivity index (χ3v) is 1.68. The predicted octanol–water partition coefficient (Wildman–Crippen LogP) is 0.294. The van der Waals surface area contributed by atoms with Crippen LogP contribution in [0.25, 0.3) is 10.4 Å². The zero-order chi connectivity index (χ0) is 11.3. The van der Waals surface area contributed by atoms with Gasteiger partial charge in [-0.1, -0.05) is 5.11 Å². The van der Waals surface area contributed by atoms with Gasteiger partial charge in [0.15, 0.2) is 0 Å². The number of carbonyl (C=O) groups is 3. The van der Waals surface area contributed by atoms with Gasteiger partial charge < -0.3 is 4.84 Å². The molecule has 8 nitrogen and oxygen atoms in total. The average Bonchev–Trinajstić information content (AvgIpc) is 2.50. The van der Waals surface area contributed by atoms with Gasteiger partial charge in [0.2, 0.25) is 0 Å². The third kappa shape index (κ3) is 2.96. The van der Waals surface area contributed by atoms with Crippen LogP contribution in [0.15, 0.2) is 5.11 Å². The van der Waals surface area contributed by atoms with Crippen LogP contribution in [-0.2, 0) is 19.2 Å². The lowest BCUT2D eigenvalue weighted by Crippen LogP contribution is -2.32. The van der Waals surface area contributed by atoms with Gasteiger partial charge in [-0.15, -0.1) is 5.06 Å². The number of imide groups is 1. The molecule has 1 saturated heterocycles. The summed E-state index contributed by atoms with van der Waals surface area (Å²) in [5, 5.41) is 3.57. The maximum Gasteiger partial charge on any atom is 0.333 e. The lowest BCUT2D eigenvalue weighted by atomic mass is 10.4. The molecule has 0 radical (unpaired) electrons. The van der Waals surface area contributed by atoms with Crippen molar-refractivity contribution in [2.45, 2.75) is 19.3 Å². The molecule has 0 unspecified atom stereocenters. The molecule has 0 atom stereocenters. The zero-order valence-electron chi connectivity index (χ0n) is 7.75. The van der Waals surface area contributed by atoms with E-state index in [1.807, 2.05) is 0 Å². The van der Waals surface area contributed by atoms with Crippen LogP contribution in [0.3, 0.4) is 0 Å². The van der Waals surface area contributed by atoms with Gasteiger partial charge in [-0.05, 0) is 5.53 Å². The van der Waals surface area contributed by atoms with E-state index in [1.165, 1.54) is 0 Å². The van der Waals surface area contributed by atoms with E-state index in [0.717, 1.165) is 0 Å². The summed E-state index contributed by atoms with van der Waals surface area (Å²) in [6.07, 6.45) is -0.0496. The molecule has 0 spiro atoms. The van der Waals surface area contributed by atoms with Crippen molar-refractivity contribution in [1.29, 1.82) is 0 Å². The zero-order valence-corrected chi connectivity index (χ0v) is 7.75. The number of hydrogen-bond acceptors (Lipinski definition) is 5. The van der Waals surface area contributed by atoms with Crippen molar-refractivity contribution < 1.29 is 19.2 Å². The molecule has 1 fully saturated rings. The van der Waals surface area contributed by atoms with E-state index in [4.69, 9.17) is 5.53 Å². The Balaban J connectivity index is 2.40. The fraction of sp³-hybridized carbons (Fsp3) is 0.571. The SMILES string of the molecule is [N-]=[N+]=NCCC(=O)ON1C(=O)CCC1=O.